The summed E-state index contributed by atoms with van der Waals surface area (Å²) in [5.41, 5.74) is 5.96. The van der Waals surface area contributed by atoms with E-state index in [-0.39, 0.29) is 30.9 Å². The molecule has 12 heteroatoms. The van der Waals surface area contributed by atoms with E-state index in [1.54, 1.807) is 30.2 Å². The van der Waals surface area contributed by atoms with Gasteiger partial charge in [0.15, 0.2) is 0 Å². The van der Waals surface area contributed by atoms with E-state index in [1.807, 2.05) is 77.2 Å². The van der Waals surface area contributed by atoms with Gasteiger partial charge in [0.2, 0.25) is 23.6 Å². The molecule has 3 amide bonds. The van der Waals surface area contributed by atoms with Crippen molar-refractivity contribution < 1.29 is 24.2 Å². The quantitative estimate of drug-likeness (QED) is 0.163. The Morgan fingerprint density at radius 1 is 0.810 bits per heavy atom. The van der Waals surface area contributed by atoms with Gasteiger partial charge >= 0.3 is 0 Å². The minimum atomic E-state index is -0.743. The van der Waals surface area contributed by atoms with Crippen molar-refractivity contribution in [2.45, 2.75) is 39.4 Å². The van der Waals surface area contributed by atoms with Crippen LogP contribution in [0.2, 0.25) is 0 Å². The summed E-state index contributed by atoms with van der Waals surface area (Å²) in [6.45, 7) is 11.2. The molecular formula is C46H57N7O5. The number of carbonyl (C=O) groups excluding carboxylic acids is 3. The summed E-state index contributed by atoms with van der Waals surface area (Å²) < 4.78 is 5.50. The average molecular weight is 788 g/mol. The Kier molecular flexibility index (Phi) is 14.9. The second-order valence-corrected chi connectivity index (χ2v) is 14.9. The molecule has 1 aromatic heterocycles. The number of aliphatic hydroxyl groups is 1. The molecule has 6 rings (SSSR count). The number of benzene rings is 3. The van der Waals surface area contributed by atoms with Crippen molar-refractivity contribution in [1.82, 2.24) is 24.6 Å². The number of aromatic nitrogens is 1. The van der Waals surface area contributed by atoms with Gasteiger partial charge in [0.05, 0.1) is 13.2 Å². The third kappa shape index (κ3) is 11.4. The van der Waals surface area contributed by atoms with Gasteiger partial charge in [0.1, 0.15) is 6.04 Å². The minimum Gasteiger partial charge on any atom is -0.478 e. The van der Waals surface area contributed by atoms with Crippen LogP contribution in [0.15, 0.2) is 103 Å². The van der Waals surface area contributed by atoms with Gasteiger partial charge in [-0.1, -0.05) is 54.6 Å². The molecule has 2 aliphatic heterocycles. The van der Waals surface area contributed by atoms with E-state index in [1.165, 1.54) is 11.6 Å². The summed E-state index contributed by atoms with van der Waals surface area (Å²) in [7, 11) is 1.97. The maximum atomic E-state index is 14.8. The van der Waals surface area contributed by atoms with Crippen LogP contribution in [0.1, 0.15) is 36.1 Å². The molecule has 0 radical (unpaired) electrons. The fraction of sp³-hybridized carbons (Fsp3) is 0.391. The lowest BCUT2D eigenvalue weighted by Gasteiger charge is -2.39. The zero-order valence-electron chi connectivity index (χ0n) is 34.1. The molecule has 12 nitrogen and oxygen atoms in total. The number of carbonyl (C=O) groups is 3. The summed E-state index contributed by atoms with van der Waals surface area (Å²) in [5, 5.41) is 9.30. The van der Waals surface area contributed by atoms with Gasteiger partial charge in [-0.2, -0.15) is 0 Å². The van der Waals surface area contributed by atoms with E-state index in [0.29, 0.717) is 51.6 Å². The van der Waals surface area contributed by atoms with Crippen LogP contribution in [-0.2, 0) is 33.9 Å². The molecule has 0 unspecified atom stereocenters. The molecular weight excluding hydrogens is 731 g/mol. The Balaban J connectivity index is 1.21. The van der Waals surface area contributed by atoms with Gasteiger partial charge < -0.3 is 34.3 Å². The summed E-state index contributed by atoms with van der Waals surface area (Å²) in [4.78, 5) is 57.6. The van der Waals surface area contributed by atoms with Crippen LogP contribution in [0.4, 0.5) is 11.4 Å². The van der Waals surface area contributed by atoms with E-state index in [4.69, 9.17) is 4.74 Å². The van der Waals surface area contributed by atoms with Crippen molar-refractivity contribution in [3.05, 3.63) is 126 Å². The lowest BCUT2D eigenvalue weighted by atomic mass is 10.0. The van der Waals surface area contributed by atoms with Crippen molar-refractivity contribution in [3.8, 4) is 5.88 Å². The molecule has 2 aliphatic rings. The van der Waals surface area contributed by atoms with E-state index >= 15 is 0 Å². The van der Waals surface area contributed by atoms with Gasteiger partial charge in [0.25, 0.3) is 0 Å². The molecule has 3 heterocycles. The molecule has 58 heavy (non-hydrogen) atoms. The number of amides is 3. The Labute approximate surface area is 342 Å². The lowest BCUT2D eigenvalue weighted by Crippen LogP contribution is -2.56. The number of hydrogen-bond acceptors (Lipinski definition) is 9. The van der Waals surface area contributed by atoms with E-state index in [0.717, 1.165) is 60.8 Å². The van der Waals surface area contributed by atoms with Crippen molar-refractivity contribution in [2.24, 2.45) is 0 Å². The number of aliphatic hydroxyl groups excluding tert-OH is 1. The molecule has 4 aromatic rings. The molecule has 2 fully saturated rings. The normalized spacial score (nSPS) is 15.3. The highest BCUT2D eigenvalue weighted by Gasteiger charge is 2.34. The second kappa shape index (κ2) is 20.6. The molecule has 2 saturated heterocycles. The topological polar surface area (TPSA) is 113 Å². The fourth-order valence-electron chi connectivity index (χ4n) is 7.52. The Morgan fingerprint density at radius 3 is 2.10 bits per heavy atom. The van der Waals surface area contributed by atoms with Crippen molar-refractivity contribution in [3.63, 3.8) is 0 Å². The number of ether oxygens (including phenoxy) is 1. The number of likely N-dealkylation sites (N-methyl/N-ethyl adjacent to an activating group) is 1. The third-order valence-electron chi connectivity index (χ3n) is 11.0. The number of pyridine rings is 1. The molecule has 0 bridgehead atoms. The molecule has 3 aromatic carbocycles. The van der Waals surface area contributed by atoms with Gasteiger partial charge in [0, 0.05) is 122 Å². The molecule has 0 saturated carbocycles. The van der Waals surface area contributed by atoms with Gasteiger partial charge in [-0.25, -0.2) is 4.98 Å². The molecule has 306 valence electrons. The molecule has 0 aliphatic carbocycles. The van der Waals surface area contributed by atoms with Crippen LogP contribution in [-0.4, -0.2) is 133 Å². The van der Waals surface area contributed by atoms with Crippen LogP contribution < -0.4 is 14.5 Å². The zero-order chi connectivity index (χ0) is 40.9. The first-order valence-electron chi connectivity index (χ1n) is 20.3. The standard InChI is InChI=1S/C46H57N7O5/c1-4-58-44-20-14-38(33-47-44)15-21-45(56)53(35-40-12-18-42(19-13-40)51-28-26-50(27-29-51)36(2)55)43(32-37-8-6-5-7-9-37)46(57)52-24-22-49(23-25-52)34-39-10-16-41(17-11-39)48(3)30-31-54/h5-21,33,43,54H,4,22-32,34-35H2,1-3H3/b21-15+/t43-/m0/s1. The first kappa shape index (κ1) is 41.9. The maximum Gasteiger partial charge on any atom is 0.247 e. The zero-order valence-corrected chi connectivity index (χ0v) is 34.1. The number of nitrogens with zero attached hydrogens (tertiary/aromatic N) is 7. The monoisotopic (exact) mass is 787 g/mol. The Bertz CT molecular complexity index is 1940. The van der Waals surface area contributed by atoms with Crippen LogP contribution in [0.25, 0.3) is 6.08 Å². The number of rotatable bonds is 16. The van der Waals surface area contributed by atoms with Gasteiger partial charge in [-0.15, -0.1) is 0 Å². The maximum absolute atomic E-state index is 14.8. The van der Waals surface area contributed by atoms with E-state index < -0.39 is 6.04 Å². The van der Waals surface area contributed by atoms with Crippen LogP contribution in [0, 0.1) is 0 Å². The summed E-state index contributed by atoms with van der Waals surface area (Å²) in [6.07, 6.45) is 5.32. The Morgan fingerprint density at radius 2 is 1.48 bits per heavy atom. The molecule has 1 N–H and O–H groups in total. The lowest BCUT2D eigenvalue weighted by molar-refractivity contribution is -0.145. The van der Waals surface area contributed by atoms with Crippen LogP contribution >= 0.6 is 0 Å². The van der Waals surface area contributed by atoms with Crippen LogP contribution in [0.3, 0.4) is 0 Å². The highest BCUT2D eigenvalue weighted by atomic mass is 16.5. The van der Waals surface area contributed by atoms with Crippen LogP contribution in [0.5, 0.6) is 5.88 Å². The summed E-state index contributed by atoms with van der Waals surface area (Å²) in [6, 6.07) is 29.4. The first-order valence-corrected chi connectivity index (χ1v) is 20.3. The van der Waals surface area contributed by atoms with Gasteiger partial charge in [-0.05, 0) is 65.6 Å². The molecule has 0 spiro atoms. The average Bonchev–Trinajstić information content (AvgIpc) is 3.25. The van der Waals surface area contributed by atoms with E-state index in [2.05, 4.69) is 51.2 Å². The largest absolute Gasteiger partial charge is 0.478 e. The van der Waals surface area contributed by atoms with Gasteiger partial charge in [-0.3, -0.25) is 19.3 Å². The summed E-state index contributed by atoms with van der Waals surface area (Å²) >= 11 is 0. The highest BCUT2D eigenvalue weighted by Crippen LogP contribution is 2.23. The van der Waals surface area contributed by atoms with Crippen molar-refractivity contribution in [2.75, 3.05) is 89.0 Å². The summed E-state index contributed by atoms with van der Waals surface area (Å²) in [5.74, 6) is 0.285. The van der Waals surface area contributed by atoms with E-state index in [9.17, 15) is 19.5 Å². The minimum absolute atomic E-state index is 0.0655. The number of anilines is 2. The van der Waals surface area contributed by atoms with Crippen molar-refractivity contribution in [1.29, 1.82) is 0 Å². The predicted octanol–water partition coefficient (Wildman–Crippen LogP) is 4.58. The smallest absolute Gasteiger partial charge is 0.247 e. The number of piperazine rings is 2. The second-order valence-electron chi connectivity index (χ2n) is 14.9. The highest BCUT2D eigenvalue weighted by molar-refractivity contribution is 5.95. The predicted molar refractivity (Wildman–Crippen MR) is 228 cm³/mol. The SMILES string of the molecule is CCOc1ccc(/C=C/C(=O)N(Cc2ccc(N3CCN(C(C)=O)CC3)cc2)[C@@H](Cc2ccccc2)C(=O)N2CCN(Cc3ccc(N(C)CCO)cc3)CC2)cn1. The third-order valence-corrected chi connectivity index (χ3v) is 11.0. The fourth-order valence-corrected chi connectivity index (χ4v) is 7.52. The first-order chi connectivity index (χ1) is 28.2. The Hall–Kier alpha value is -5.72. The molecule has 1 atom stereocenters. The van der Waals surface area contributed by atoms with Crippen molar-refractivity contribution >= 4 is 35.2 Å². The number of hydrogen-bond donors (Lipinski definition) is 1.